The third-order valence-corrected chi connectivity index (χ3v) is 7.13. The Morgan fingerprint density at radius 2 is 1.75 bits per heavy atom. The van der Waals surface area contributed by atoms with Crippen molar-refractivity contribution in [1.29, 1.82) is 0 Å². The van der Waals surface area contributed by atoms with Crippen LogP contribution in [0.15, 0.2) is 54.6 Å². The molecule has 0 unspecified atom stereocenters. The number of ether oxygens (including phenoxy) is 1. The van der Waals surface area contributed by atoms with Crippen molar-refractivity contribution in [3.63, 3.8) is 0 Å². The maximum atomic E-state index is 13.8. The van der Waals surface area contributed by atoms with Crippen molar-refractivity contribution < 1.29 is 19.1 Å². The van der Waals surface area contributed by atoms with Gasteiger partial charge in [0.2, 0.25) is 5.91 Å². The van der Waals surface area contributed by atoms with Crippen LogP contribution in [-0.2, 0) is 14.3 Å². The topological polar surface area (TPSA) is 82.2 Å². The summed E-state index contributed by atoms with van der Waals surface area (Å²) in [5.41, 5.74) is 0.728. The Bertz CT molecular complexity index is 1060. The van der Waals surface area contributed by atoms with Crippen LogP contribution >= 0.6 is 11.6 Å². The maximum absolute atomic E-state index is 13.8. The van der Waals surface area contributed by atoms with Crippen LogP contribution in [0.25, 0.3) is 0 Å². The van der Waals surface area contributed by atoms with E-state index in [2.05, 4.69) is 10.2 Å². The lowest BCUT2D eigenvalue weighted by Crippen LogP contribution is -2.57. The number of likely N-dealkylation sites (tertiary alicyclic amines) is 1. The fraction of sp³-hybridized carbons (Fsp3) is 0.444. The lowest BCUT2D eigenvalue weighted by molar-refractivity contribution is -0.137. The molecule has 2 fully saturated rings. The molecule has 36 heavy (non-hydrogen) atoms. The van der Waals surface area contributed by atoms with Crippen LogP contribution in [0, 0.1) is 0 Å². The molecular weight excluding hydrogens is 480 g/mol. The largest absolute Gasteiger partial charge is 0.382 e. The summed E-state index contributed by atoms with van der Waals surface area (Å²) < 4.78 is 5.31. The van der Waals surface area contributed by atoms with Gasteiger partial charge in [-0.25, -0.2) is 0 Å². The van der Waals surface area contributed by atoms with Crippen LogP contribution in [0.4, 0.5) is 5.69 Å². The monoisotopic (exact) mass is 512 g/mol. The highest BCUT2D eigenvalue weighted by molar-refractivity contribution is 6.30. The zero-order chi connectivity index (χ0) is 25.5. The van der Waals surface area contributed by atoms with Gasteiger partial charge in [-0.3, -0.25) is 14.4 Å². The zero-order valence-electron chi connectivity index (χ0n) is 20.6. The standard InChI is InChI=1S/C27H33ClN4O4/c1-2-36-18-6-15-29-24(33)19-31-20-32(23-7-4-3-5-8-23)27(26(31)35)13-16-30(17-14-27)25(34)21-9-11-22(28)12-10-21/h3-5,7-12H,2,6,13-20H2,1H3,(H,29,33). The molecule has 8 nitrogen and oxygen atoms in total. The molecule has 192 valence electrons. The van der Waals surface area contributed by atoms with Gasteiger partial charge in [-0.1, -0.05) is 29.8 Å². The summed E-state index contributed by atoms with van der Waals surface area (Å²) in [6.07, 6.45) is 1.71. The molecule has 2 aliphatic rings. The summed E-state index contributed by atoms with van der Waals surface area (Å²) in [6, 6.07) is 16.7. The zero-order valence-corrected chi connectivity index (χ0v) is 21.4. The Kier molecular flexibility index (Phi) is 8.48. The van der Waals surface area contributed by atoms with Gasteiger partial charge in [0.15, 0.2) is 0 Å². The highest BCUT2D eigenvalue weighted by atomic mass is 35.5. The van der Waals surface area contributed by atoms with Crippen molar-refractivity contribution in [3.8, 4) is 0 Å². The van der Waals surface area contributed by atoms with Crippen LogP contribution in [0.5, 0.6) is 0 Å². The molecule has 0 aliphatic carbocycles. The molecule has 2 saturated heterocycles. The van der Waals surface area contributed by atoms with Gasteiger partial charge in [0.1, 0.15) is 12.1 Å². The second-order valence-electron chi connectivity index (χ2n) is 9.14. The SMILES string of the molecule is CCOCCCNC(=O)CN1CN(c2ccccc2)C2(CCN(C(=O)c3ccc(Cl)cc3)CC2)C1=O. The second-order valence-corrected chi connectivity index (χ2v) is 9.58. The molecule has 0 atom stereocenters. The Hall–Kier alpha value is -3.10. The van der Waals surface area contributed by atoms with Crippen LogP contribution in [0.1, 0.15) is 36.5 Å². The summed E-state index contributed by atoms with van der Waals surface area (Å²) in [7, 11) is 0. The minimum Gasteiger partial charge on any atom is -0.382 e. The summed E-state index contributed by atoms with van der Waals surface area (Å²) in [4.78, 5) is 44.9. The van der Waals surface area contributed by atoms with Crippen molar-refractivity contribution in [2.75, 3.05) is 51.0 Å². The normalized spacial score (nSPS) is 17.1. The summed E-state index contributed by atoms with van der Waals surface area (Å²) in [5, 5.41) is 3.47. The van der Waals surface area contributed by atoms with E-state index in [4.69, 9.17) is 16.3 Å². The molecule has 0 radical (unpaired) electrons. The molecule has 1 spiro atoms. The fourth-order valence-corrected chi connectivity index (χ4v) is 5.08. The number of benzene rings is 2. The molecule has 4 rings (SSSR count). The number of hydrogen-bond donors (Lipinski definition) is 1. The van der Waals surface area contributed by atoms with Gasteiger partial charge in [-0.05, 0) is 62.6 Å². The molecule has 1 N–H and O–H groups in total. The summed E-state index contributed by atoms with van der Waals surface area (Å²) >= 11 is 5.97. The predicted molar refractivity (Wildman–Crippen MR) is 139 cm³/mol. The van der Waals surface area contributed by atoms with Gasteiger partial charge < -0.3 is 24.8 Å². The maximum Gasteiger partial charge on any atom is 0.253 e. The van der Waals surface area contributed by atoms with Crippen LogP contribution in [-0.4, -0.2) is 79.1 Å². The third-order valence-electron chi connectivity index (χ3n) is 6.88. The van der Waals surface area contributed by atoms with Crippen LogP contribution in [0.2, 0.25) is 5.02 Å². The smallest absolute Gasteiger partial charge is 0.253 e. The Labute approximate surface area is 217 Å². The Balaban J connectivity index is 1.45. The van der Waals surface area contributed by atoms with E-state index in [0.717, 1.165) is 12.1 Å². The quantitative estimate of drug-likeness (QED) is 0.522. The molecule has 0 bridgehead atoms. The number of para-hydroxylation sites is 1. The first kappa shape index (κ1) is 26.0. The number of carbonyl (C=O) groups is 3. The molecule has 2 aromatic carbocycles. The number of nitrogens with one attached hydrogen (secondary N) is 1. The number of rotatable bonds is 9. The Morgan fingerprint density at radius 3 is 2.42 bits per heavy atom. The Morgan fingerprint density at radius 1 is 1.06 bits per heavy atom. The molecule has 2 aliphatic heterocycles. The number of carbonyl (C=O) groups excluding carboxylic acids is 3. The minimum atomic E-state index is -0.784. The van der Waals surface area contributed by atoms with Crippen molar-refractivity contribution in [1.82, 2.24) is 15.1 Å². The predicted octanol–water partition coefficient (Wildman–Crippen LogP) is 3.16. The molecule has 2 aromatic rings. The van der Waals surface area contributed by atoms with Gasteiger partial charge >= 0.3 is 0 Å². The van der Waals surface area contributed by atoms with E-state index in [1.165, 1.54) is 0 Å². The van der Waals surface area contributed by atoms with Gasteiger partial charge in [-0.15, -0.1) is 0 Å². The average Bonchev–Trinajstić information content (AvgIpc) is 3.15. The molecule has 0 aromatic heterocycles. The minimum absolute atomic E-state index is 0.00592. The van der Waals surface area contributed by atoms with E-state index < -0.39 is 5.54 Å². The van der Waals surface area contributed by atoms with E-state index in [9.17, 15) is 14.4 Å². The lowest BCUT2D eigenvalue weighted by atomic mass is 9.85. The number of halogens is 1. The average molecular weight is 513 g/mol. The highest BCUT2D eigenvalue weighted by Gasteiger charge is 2.54. The number of nitrogens with zero attached hydrogens (tertiary/aromatic N) is 3. The third kappa shape index (κ3) is 5.65. The number of piperidine rings is 1. The van der Waals surface area contributed by atoms with Gasteiger partial charge in [0, 0.05) is 49.1 Å². The lowest BCUT2D eigenvalue weighted by Gasteiger charge is -2.43. The first-order valence-electron chi connectivity index (χ1n) is 12.5. The highest BCUT2D eigenvalue weighted by Crippen LogP contribution is 2.39. The van der Waals surface area contributed by atoms with E-state index in [-0.39, 0.29) is 24.3 Å². The van der Waals surface area contributed by atoms with E-state index in [1.54, 1.807) is 34.1 Å². The van der Waals surface area contributed by atoms with E-state index in [0.29, 0.717) is 62.9 Å². The van der Waals surface area contributed by atoms with Crippen molar-refractivity contribution >= 4 is 35.0 Å². The number of amides is 3. The van der Waals surface area contributed by atoms with E-state index in [1.807, 2.05) is 37.3 Å². The van der Waals surface area contributed by atoms with Crippen molar-refractivity contribution in [2.24, 2.45) is 0 Å². The molecule has 0 saturated carbocycles. The first-order chi connectivity index (χ1) is 17.4. The molecule has 3 amide bonds. The summed E-state index contributed by atoms with van der Waals surface area (Å²) in [6.45, 7) is 4.93. The number of anilines is 1. The van der Waals surface area contributed by atoms with Crippen molar-refractivity contribution in [2.45, 2.75) is 31.7 Å². The van der Waals surface area contributed by atoms with Crippen molar-refractivity contribution in [3.05, 3.63) is 65.2 Å². The summed E-state index contributed by atoms with van der Waals surface area (Å²) in [5.74, 6) is -0.309. The fourth-order valence-electron chi connectivity index (χ4n) is 4.95. The van der Waals surface area contributed by atoms with Gasteiger partial charge in [-0.2, -0.15) is 0 Å². The van der Waals surface area contributed by atoms with Gasteiger partial charge in [0.25, 0.3) is 11.8 Å². The number of hydrogen-bond acceptors (Lipinski definition) is 5. The van der Waals surface area contributed by atoms with Gasteiger partial charge in [0.05, 0.1) is 6.67 Å². The second kappa shape index (κ2) is 11.8. The van der Waals surface area contributed by atoms with E-state index >= 15 is 0 Å². The molecule has 9 heteroatoms. The molecule has 2 heterocycles. The van der Waals surface area contributed by atoms with Crippen LogP contribution in [0.3, 0.4) is 0 Å². The molecular formula is C27H33ClN4O4. The first-order valence-corrected chi connectivity index (χ1v) is 12.8. The van der Waals surface area contributed by atoms with Crippen LogP contribution < -0.4 is 10.2 Å².